The summed E-state index contributed by atoms with van der Waals surface area (Å²) in [5.41, 5.74) is 8.91. The second kappa shape index (κ2) is 5.40. The Hall–Kier alpha value is -2.02. The molecule has 0 aliphatic heterocycles. The number of nitrogens with two attached hydrogens (primary N) is 1. The van der Waals surface area contributed by atoms with E-state index in [4.69, 9.17) is 5.73 Å². The number of aromatic nitrogens is 2. The van der Waals surface area contributed by atoms with Gasteiger partial charge in [0.2, 0.25) is 0 Å². The lowest BCUT2D eigenvalue weighted by molar-refractivity contribution is 0.602. The van der Waals surface area contributed by atoms with Crippen LogP contribution in [0.5, 0.6) is 0 Å². The van der Waals surface area contributed by atoms with Crippen LogP contribution >= 0.6 is 0 Å². The fourth-order valence-corrected chi connectivity index (χ4v) is 3.27. The summed E-state index contributed by atoms with van der Waals surface area (Å²) in [6.45, 7) is 6.38. The van der Waals surface area contributed by atoms with Crippen molar-refractivity contribution in [3.8, 4) is 5.69 Å². The first-order chi connectivity index (χ1) is 9.74. The van der Waals surface area contributed by atoms with Crippen LogP contribution in [-0.2, 0) is 9.84 Å². The van der Waals surface area contributed by atoms with Gasteiger partial charge in [-0.2, -0.15) is 0 Å². The summed E-state index contributed by atoms with van der Waals surface area (Å²) < 4.78 is 25.4. The molecule has 0 spiro atoms. The van der Waals surface area contributed by atoms with Crippen LogP contribution in [0.2, 0.25) is 0 Å². The average molecular weight is 308 g/mol. The van der Waals surface area contributed by atoms with Crippen LogP contribution in [0.25, 0.3) is 5.69 Å². The third-order valence-electron chi connectivity index (χ3n) is 3.04. The van der Waals surface area contributed by atoms with E-state index in [9.17, 15) is 8.42 Å². The smallest absolute Gasteiger partial charge is 0.182 e. The fourth-order valence-electron chi connectivity index (χ4n) is 2.34. The van der Waals surface area contributed by atoms with Crippen molar-refractivity contribution in [3.05, 3.63) is 29.3 Å². The van der Waals surface area contributed by atoms with Crippen molar-refractivity contribution in [1.29, 1.82) is 0 Å². The average Bonchev–Trinajstić information content (AvgIpc) is 2.65. The maximum absolute atomic E-state index is 12.0. The highest BCUT2D eigenvalue weighted by Crippen LogP contribution is 2.29. The molecule has 3 N–H and O–H groups in total. The third-order valence-corrected chi connectivity index (χ3v) is 4.19. The van der Waals surface area contributed by atoms with E-state index in [-0.39, 0.29) is 16.5 Å². The van der Waals surface area contributed by atoms with E-state index in [1.165, 1.54) is 4.68 Å². The lowest BCUT2D eigenvalue weighted by Gasteiger charge is -2.07. The lowest BCUT2D eigenvalue weighted by atomic mass is 10.1. The molecule has 1 aromatic carbocycles. The zero-order valence-electron chi connectivity index (χ0n) is 12.6. The molecule has 2 aromatic rings. The first-order valence-electron chi connectivity index (χ1n) is 6.65. The highest BCUT2D eigenvalue weighted by molar-refractivity contribution is 7.91. The number of benzene rings is 1. The van der Waals surface area contributed by atoms with Crippen molar-refractivity contribution in [2.75, 3.05) is 23.9 Å². The van der Waals surface area contributed by atoms with Crippen molar-refractivity contribution in [3.63, 3.8) is 0 Å². The van der Waals surface area contributed by atoms with E-state index in [1.54, 1.807) is 0 Å². The molecule has 0 atom stereocenters. The monoisotopic (exact) mass is 308 g/mol. The Balaban J connectivity index is 2.71. The van der Waals surface area contributed by atoms with Crippen LogP contribution in [0.1, 0.15) is 18.1 Å². The Morgan fingerprint density at radius 3 is 2.29 bits per heavy atom. The van der Waals surface area contributed by atoms with Crippen LogP contribution in [0, 0.1) is 13.8 Å². The molecule has 0 saturated heterocycles. The Morgan fingerprint density at radius 1 is 1.24 bits per heavy atom. The van der Waals surface area contributed by atoms with E-state index < -0.39 is 9.84 Å². The molecule has 21 heavy (non-hydrogen) atoms. The summed E-state index contributed by atoms with van der Waals surface area (Å²) in [6.07, 6.45) is 1.13. The number of aryl methyl sites for hydroxylation is 2. The van der Waals surface area contributed by atoms with Crippen LogP contribution < -0.4 is 11.1 Å². The van der Waals surface area contributed by atoms with Gasteiger partial charge in [0.05, 0.1) is 5.69 Å². The summed E-state index contributed by atoms with van der Waals surface area (Å²) in [5, 5.41) is 7.27. The molecule has 6 nitrogen and oxygen atoms in total. The largest absolute Gasteiger partial charge is 0.382 e. The molecule has 0 fully saturated rings. The van der Waals surface area contributed by atoms with Crippen molar-refractivity contribution in [2.45, 2.75) is 25.7 Å². The number of sulfone groups is 1. The predicted molar refractivity (Wildman–Crippen MR) is 84.7 cm³/mol. The van der Waals surface area contributed by atoms with Gasteiger partial charge in [-0.3, -0.25) is 0 Å². The van der Waals surface area contributed by atoms with Gasteiger partial charge in [0.1, 0.15) is 5.82 Å². The first kappa shape index (κ1) is 15.4. The standard InChI is InChI=1S/C14H20N4O2S/c1-5-16-14-12(21(4,19)20)13(15)18(17-14)11-7-9(2)6-10(3)8-11/h6-8H,5,15H2,1-4H3,(H,16,17). The van der Waals surface area contributed by atoms with E-state index >= 15 is 0 Å². The van der Waals surface area contributed by atoms with E-state index in [0.717, 1.165) is 23.1 Å². The van der Waals surface area contributed by atoms with Gasteiger partial charge in [-0.1, -0.05) is 6.07 Å². The lowest BCUT2D eigenvalue weighted by Crippen LogP contribution is -2.06. The Labute approximate surface area is 124 Å². The summed E-state index contributed by atoms with van der Waals surface area (Å²) in [5.74, 6) is 0.412. The van der Waals surface area contributed by atoms with Crippen molar-refractivity contribution in [1.82, 2.24) is 9.78 Å². The van der Waals surface area contributed by atoms with Crippen LogP contribution in [-0.4, -0.2) is 31.0 Å². The zero-order valence-corrected chi connectivity index (χ0v) is 13.5. The molecule has 0 unspecified atom stereocenters. The molecule has 114 valence electrons. The van der Waals surface area contributed by atoms with Gasteiger partial charge in [0.25, 0.3) is 0 Å². The molecule has 0 aliphatic rings. The summed E-state index contributed by atoms with van der Waals surface area (Å²) in [7, 11) is -3.46. The second-order valence-corrected chi connectivity index (χ2v) is 7.08. The van der Waals surface area contributed by atoms with Gasteiger partial charge in [0, 0.05) is 12.8 Å². The van der Waals surface area contributed by atoms with Crippen molar-refractivity contribution < 1.29 is 8.42 Å². The minimum absolute atomic E-state index is 0.0449. The quantitative estimate of drug-likeness (QED) is 0.900. The predicted octanol–water partition coefficient (Wildman–Crippen LogP) is 1.91. The highest BCUT2D eigenvalue weighted by Gasteiger charge is 2.24. The summed E-state index contributed by atoms with van der Waals surface area (Å²) in [6, 6.07) is 5.86. The number of anilines is 2. The van der Waals surface area contributed by atoms with Crippen molar-refractivity contribution >= 4 is 21.5 Å². The normalized spacial score (nSPS) is 11.6. The number of nitrogen functional groups attached to an aromatic ring is 1. The molecule has 0 bridgehead atoms. The minimum Gasteiger partial charge on any atom is -0.382 e. The zero-order chi connectivity index (χ0) is 15.8. The number of rotatable bonds is 4. The molecular weight excluding hydrogens is 288 g/mol. The molecule has 0 aliphatic carbocycles. The van der Waals surface area contributed by atoms with Gasteiger partial charge in [0.15, 0.2) is 20.6 Å². The van der Waals surface area contributed by atoms with Crippen LogP contribution in [0.3, 0.4) is 0 Å². The van der Waals surface area contributed by atoms with Gasteiger partial charge < -0.3 is 11.1 Å². The summed E-state index contributed by atoms with van der Waals surface area (Å²) >= 11 is 0. The van der Waals surface area contributed by atoms with Crippen LogP contribution in [0.15, 0.2) is 23.1 Å². The summed E-state index contributed by atoms with van der Waals surface area (Å²) in [4.78, 5) is 0.0449. The molecule has 2 rings (SSSR count). The Kier molecular flexibility index (Phi) is 3.95. The number of nitrogens with zero attached hydrogens (tertiary/aromatic N) is 2. The van der Waals surface area contributed by atoms with E-state index in [2.05, 4.69) is 10.4 Å². The molecule has 0 radical (unpaired) electrons. The maximum Gasteiger partial charge on any atom is 0.182 e. The second-order valence-electron chi connectivity index (χ2n) is 5.12. The topological polar surface area (TPSA) is 90.0 Å². The minimum atomic E-state index is -3.46. The molecule has 0 amide bonds. The molecular formula is C14H20N4O2S. The maximum atomic E-state index is 12.0. The fraction of sp³-hybridized carbons (Fsp3) is 0.357. The number of hydrogen-bond acceptors (Lipinski definition) is 5. The van der Waals surface area contributed by atoms with E-state index in [0.29, 0.717) is 6.54 Å². The molecule has 1 heterocycles. The number of hydrogen-bond donors (Lipinski definition) is 2. The van der Waals surface area contributed by atoms with Gasteiger partial charge in [-0.05, 0) is 44.0 Å². The van der Waals surface area contributed by atoms with Gasteiger partial charge in [-0.25, -0.2) is 13.1 Å². The van der Waals surface area contributed by atoms with Crippen LogP contribution in [0.4, 0.5) is 11.6 Å². The molecule has 1 aromatic heterocycles. The van der Waals surface area contributed by atoms with E-state index in [1.807, 2.05) is 39.0 Å². The first-order valence-corrected chi connectivity index (χ1v) is 8.54. The SMILES string of the molecule is CCNc1nn(-c2cc(C)cc(C)c2)c(N)c1S(C)(=O)=O. The Morgan fingerprint density at radius 2 is 1.81 bits per heavy atom. The number of nitrogens with one attached hydrogen (secondary N) is 1. The third kappa shape index (κ3) is 3.02. The highest BCUT2D eigenvalue weighted by atomic mass is 32.2. The van der Waals surface area contributed by atoms with Gasteiger partial charge in [-0.15, -0.1) is 5.10 Å². The van der Waals surface area contributed by atoms with Crippen molar-refractivity contribution in [2.24, 2.45) is 0 Å². The Bertz CT molecular complexity index is 758. The van der Waals surface area contributed by atoms with Gasteiger partial charge >= 0.3 is 0 Å². The molecule has 0 saturated carbocycles. The molecule has 7 heteroatoms.